The lowest BCUT2D eigenvalue weighted by molar-refractivity contribution is -0.385. The van der Waals surface area contributed by atoms with Gasteiger partial charge in [-0.2, -0.15) is 0 Å². The molecule has 1 amide bonds. The SMILES string of the molecule is Cc1ccccc1NC(=O)COc1ccc([N+](=O)[O-])c(C)c1. The van der Waals surface area contributed by atoms with Crippen LogP contribution in [0.1, 0.15) is 11.1 Å². The molecule has 0 aromatic heterocycles. The van der Waals surface area contributed by atoms with Crippen LogP contribution in [0.5, 0.6) is 5.75 Å². The first-order valence-corrected chi connectivity index (χ1v) is 6.70. The number of benzene rings is 2. The van der Waals surface area contributed by atoms with Gasteiger partial charge in [0.1, 0.15) is 5.75 Å². The summed E-state index contributed by atoms with van der Waals surface area (Å²) >= 11 is 0. The number of nitrogens with zero attached hydrogens (tertiary/aromatic N) is 1. The number of amides is 1. The smallest absolute Gasteiger partial charge is 0.272 e. The normalized spacial score (nSPS) is 10.1. The van der Waals surface area contributed by atoms with Gasteiger partial charge in [0.2, 0.25) is 0 Å². The van der Waals surface area contributed by atoms with Gasteiger partial charge in [0, 0.05) is 17.3 Å². The number of hydrogen-bond acceptors (Lipinski definition) is 4. The minimum atomic E-state index is -0.454. The van der Waals surface area contributed by atoms with Crippen molar-refractivity contribution in [3.8, 4) is 5.75 Å². The number of ether oxygens (including phenoxy) is 1. The minimum absolute atomic E-state index is 0.0247. The van der Waals surface area contributed by atoms with Crippen LogP contribution in [0, 0.1) is 24.0 Å². The largest absolute Gasteiger partial charge is 0.484 e. The summed E-state index contributed by atoms with van der Waals surface area (Å²) in [4.78, 5) is 22.1. The summed E-state index contributed by atoms with van der Waals surface area (Å²) in [6.45, 7) is 3.36. The van der Waals surface area contributed by atoms with Gasteiger partial charge in [-0.05, 0) is 37.6 Å². The molecule has 114 valence electrons. The highest BCUT2D eigenvalue weighted by Crippen LogP contribution is 2.23. The number of anilines is 1. The summed E-state index contributed by atoms with van der Waals surface area (Å²) in [5.41, 5.74) is 2.21. The van der Waals surface area contributed by atoms with Crippen molar-refractivity contribution in [2.24, 2.45) is 0 Å². The van der Waals surface area contributed by atoms with Crippen molar-refractivity contribution in [2.45, 2.75) is 13.8 Å². The van der Waals surface area contributed by atoms with Crippen molar-refractivity contribution in [1.29, 1.82) is 0 Å². The first-order chi connectivity index (χ1) is 10.5. The van der Waals surface area contributed by atoms with Crippen molar-refractivity contribution in [2.75, 3.05) is 11.9 Å². The van der Waals surface area contributed by atoms with Gasteiger partial charge >= 0.3 is 0 Å². The maximum atomic E-state index is 11.9. The average molecular weight is 300 g/mol. The molecule has 0 saturated carbocycles. The van der Waals surface area contributed by atoms with E-state index in [2.05, 4.69) is 5.32 Å². The molecule has 2 aromatic carbocycles. The monoisotopic (exact) mass is 300 g/mol. The topological polar surface area (TPSA) is 81.5 Å². The molecule has 0 atom stereocenters. The summed E-state index contributed by atoms with van der Waals surface area (Å²) in [6.07, 6.45) is 0. The molecule has 2 rings (SSSR count). The summed E-state index contributed by atoms with van der Waals surface area (Å²) in [5, 5.41) is 13.5. The molecule has 0 aliphatic rings. The number of para-hydroxylation sites is 1. The number of aryl methyl sites for hydroxylation is 2. The van der Waals surface area contributed by atoms with Crippen molar-refractivity contribution < 1.29 is 14.5 Å². The van der Waals surface area contributed by atoms with Crippen LogP contribution in [0.4, 0.5) is 11.4 Å². The first-order valence-electron chi connectivity index (χ1n) is 6.70. The number of nitro groups is 1. The van der Waals surface area contributed by atoms with Crippen molar-refractivity contribution >= 4 is 17.3 Å². The number of nitro benzene ring substituents is 1. The van der Waals surface area contributed by atoms with E-state index in [1.165, 1.54) is 12.1 Å². The van der Waals surface area contributed by atoms with Gasteiger partial charge in [-0.3, -0.25) is 14.9 Å². The van der Waals surface area contributed by atoms with Crippen LogP contribution in [-0.2, 0) is 4.79 Å². The number of rotatable bonds is 5. The highest BCUT2D eigenvalue weighted by Gasteiger charge is 2.11. The van der Waals surface area contributed by atoms with Crippen LogP contribution >= 0.6 is 0 Å². The van der Waals surface area contributed by atoms with Crippen LogP contribution in [0.3, 0.4) is 0 Å². The Balaban J connectivity index is 1.95. The predicted octanol–water partition coefficient (Wildman–Crippen LogP) is 3.23. The van der Waals surface area contributed by atoms with E-state index in [4.69, 9.17) is 4.74 Å². The van der Waals surface area contributed by atoms with Gasteiger partial charge < -0.3 is 10.1 Å². The Labute approximate surface area is 127 Å². The summed E-state index contributed by atoms with van der Waals surface area (Å²) in [7, 11) is 0. The molecule has 0 aliphatic heterocycles. The van der Waals surface area contributed by atoms with Crippen molar-refractivity contribution in [3.63, 3.8) is 0 Å². The number of nitrogens with one attached hydrogen (secondary N) is 1. The third kappa shape index (κ3) is 3.82. The molecule has 22 heavy (non-hydrogen) atoms. The number of hydrogen-bond donors (Lipinski definition) is 1. The Morgan fingerprint density at radius 3 is 2.55 bits per heavy atom. The van der Waals surface area contributed by atoms with Crippen LogP contribution in [0.15, 0.2) is 42.5 Å². The van der Waals surface area contributed by atoms with Crippen LogP contribution < -0.4 is 10.1 Å². The van der Waals surface area contributed by atoms with E-state index in [9.17, 15) is 14.9 Å². The van der Waals surface area contributed by atoms with Gasteiger partial charge in [-0.1, -0.05) is 18.2 Å². The fraction of sp³-hybridized carbons (Fsp3) is 0.188. The molecule has 6 heteroatoms. The van der Waals surface area contributed by atoms with Gasteiger partial charge in [0.15, 0.2) is 6.61 Å². The molecule has 0 radical (unpaired) electrons. The van der Waals surface area contributed by atoms with Crippen molar-refractivity contribution in [1.82, 2.24) is 0 Å². The van der Waals surface area contributed by atoms with E-state index < -0.39 is 4.92 Å². The molecule has 2 aromatic rings. The molecule has 0 spiro atoms. The second-order valence-electron chi connectivity index (χ2n) is 4.86. The molecule has 0 heterocycles. The number of carbonyl (C=O) groups is 1. The Kier molecular flexibility index (Phi) is 4.73. The highest BCUT2D eigenvalue weighted by molar-refractivity contribution is 5.92. The summed E-state index contributed by atoms with van der Waals surface area (Å²) < 4.78 is 5.36. The van der Waals surface area contributed by atoms with E-state index in [1.54, 1.807) is 13.0 Å². The maximum absolute atomic E-state index is 11.9. The lowest BCUT2D eigenvalue weighted by Crippen LogP contribution is -2.20. The van der Waals surface area contributed by atoms with Crippen LogP contribution in [0.25, 0.3) is 0 Å². The van der Waals surface area contributed by atoms with Crippen LogP contribution in [-0.4, -0.2) is 17.4 Å². The zero-order valence-electron chi connectivity index (χ0n) is 12.3. The molecule has 0 bridgehead atoms. The van der Waals surface area contributed by atoms with Crippen LogP contribution in [0.2, 0.25) is 0 Å². The van der Waals surface area contributed by atoms with Gasteiger partial charge in [-0.15, -0.1) is 0 Å². The quantitative estimate of drug-likeness (QED) is 0.679. The zero-order chi connectivity index (χ0) is 16.1. The average Bonchev–Trinajstić information content (AvgIpc) is 2.47. The summed E-state index contributed by atoms with van der Waals surface area (Å²) in [6, 6.07) is 11.8. The van der Waals surface area contributed by atoms with E-state index in [0.717, 1.165) is 11.3 Å². The molecule has 6 nitrogen and oxygen atoms in total. The molecular weight excluding hydrogens is 284 g/mol. The standard InChI is InChI=1S/C16H16N2O4/c1-11-5-3-4-6-14(11)17-16(19)10-22-13-7-8-15(18(20)21)12(2)9-13/h3-9H,10H2,1-2H3,(H,17,19). The molecule has 1 N–H and O–H groups in total. The minimum Gasteiger partial charge on any atom is -0.484 e. The van der Waals surface area contributed by atoms with E-state index in [0.29, 0.717) is 11.3 Å². The fourth-order valence-electron chi connectivity index (χ4n) is 1.97. The van der Waals surface area contributed by atoms with Gasteiger partial charge in [0.25, 0.3) is 11.6 Å². The Hall–Kier alpha value is -2.89. The lowest BCUT2D eigenvalue weighted by atomic mass is 10.2. The number of carbonyl (C=O) groups excluding carboxylic acids is 1. The fourth-order valence-corrected chi connectivity index (χ4v) is 1.97. The lowest BCUT2D eigenvalue weighted by Gasteiger charge is -2.09. The van der Waals surface area contributed by atoms with E-state index in [-0.39, 0.29) is 18.2 Å². The van der Waals surface area contributed by atoms with E-state index >= 15 is 0 Å². The first kappa shape index (κ1) is 15.5. The Morgan fingerprint density at radius 2 is 1.91 bits per heavy atom. The van der Waals surface area contributed by atoms with Crippen molar-refractivity contribution in [3.05, 3.63) is 63.7 Å². The molecule has 0 fully saturated rings. The molecule has 0 unspecified atom stereocenters. The molecule has 0 aliphatic carbocycles. The second kappa shape index (κ2) is 6.71. The van der Waals surface area contributed by atoms with E-state index in [1.807, 2.05) is 31.2 Å². The Bertz CT molecular complexity index is 713. The third-order valence-corrected chi connectivity index (χ3v) is 3.15. The molecular formula is C16H16N2O4. The predicted molar refractivity (Wildman–Crippen MR) is 83.1 cm³/mol. The third-order valence-electron chi connectivity index (χ3n) is 3.15. The second-order valence-corrected chi connectivity index (χ2v) is 4.86. The highest BCUT2D eigenvalue weighted by atomic mass is 16.6. The van der Waals surface area contributed by atoms with Gasteiger partial charge in [-0.25, -0.2) is 0 Å². The summed E-state index contributed by atoms with van der Waals surface area (Å²) in [5.74, 6) is 0.133. The maximum Gasteiger partial charge on any atom is 0.272 e. The van der Waals surface area contributed by atoms with Gasteiger partial charge in [0.05, 0.1) is 4.92 Å². The zero-order valence-corrected chi connectivity index (χ0v) is 12.3. The Morgan fingerprint density at radius 1 is 1.18 bits per heavy atom. The molecule has 0 saturated heterocycles.